The van der Waals surface area contributed by atoms with E-state index in [0.29, 0.717) is 0 Å². The van der Waals surface area contributed by atoms with Crippen LogP contribution in [-0.2, 0) is 4.74 Å². The van der Waals surface area contributed by atoms with Crippen LogP contribution in [0.4, 0.5) is 0 Å². The van der Waals surface area contributed by atoms with Gasteiger partial charge in [-0.05, 0) is 25.2 Å². The van der Waals surface area contributed by atoms with Gasteiger partial charge in [0.1, 0.15) is 11.9 Å². The van der Waals surface area contributed by atoms with Crippen molar-refractivity contribution in [1.29, 1.82) is 0 Å². The maximum absolute atomic E-state index is 5.74. The summed E-state index contributed by atoms with van der Waals surface area (Å²) in [5.74, 6) is 0.755. The lowest BCUT2D eigenvalue weighted by Crippen LogP contribution is -2.11. The fourth-order valence-electron chi connectivity index (χ4n) is 1.36. The number of nitrogens with zero attached hydrogens (tertiary/aromatic N) is 1. The molecule has 0 aromatic carbocycles. The molecule has 0 bridgehead atoms. The van der Waals surface area contributed by atoms with Gasteiger partial charge in [0.25, 0.3) is 0 Å². The van der Waals surface area contributed by atoms with Gasteiger partial charge in [0.05, 0.1) is 0 Å². The van der Waals surface area contributed by atoms with Crippen molar-refractivity contribution in [2.24, 2.45) is 4.99 Å². The Morgan fingerprint density at radius 2 is 2.47 bits per heavy atom. The molecule has 1 aliphatic carbocycles. The van der Waals surface area contributed by atoms with Crippen molar-refractivity contribution in [2.75, 3.05) is 7.05 Å². The summed E-state index contributed by atoms with van der Waals surface area (Å²) in [5, 5.41) is 0. The molecule has 0 aliphatic heterocycles. The molecule has 0 heterocycles. The lowest BCUT2D eigenvalue weighted by molar-refractivity contribution is 0.164. The maximum atomic E-state index is 5.74. The predicted molar refractivity (Wildman–Crippen MR) is 65.1 cm³/mol. The topological polar surface area (TPSA) is 21.6 Å². The fourth-order valence-corrected chi connectivity index (χ4v) is 1.36. The quantitative estimate of drug-likeness (QED) is 0.391. The van der Waals surface area contributed by atoms with Crippen LogP contribution in [-0.4, -0.2) is 19.4 Å². The summed E-state index contributed by atoms with van der Waals surface area (Å²) in [6.45, 7) is 5.81. The molecule has 0 radical (unpaired) electrons. The SMILES string of the molecule is C=C/C(=C\C=N/C)OC1C=CC=C(C)C1. The molecule has 0 aromatic rings. The van der Waals surface area contributed by atoms with Gasteiger partial charge < -0.3 is 4.74 Å². The second-order valence-electron chi connectivity index (χ2n) is 3.44. The number of rotatable bonds is 4. The first-order valence-corrected chi connectivity index (χ1v) is 5.01. The summed E-state index contributed by atoms with van der Waals surface area (Å²) in [7, 11) is 1.73. The van der Waals surface area contributed by atoms with E-state index in [-0.39, 0.29) is 6.10 Å². The molecule has 0 spiro atoms. The number of ether oxygens (including phenoxy) is 1. The molecule has 0 saturated heterocycles. The molecule has 0 N–H and O–H groups in total. The van der Waals surface area contributed by atoms with Gasteiger partial charge in [0.15, 0.2) is 0 Å². The number of hydrogen-bond acceptors (Lipinski definition) is 2. The Labute approximate surface area is 91.4 Å². The van der Waals surface area contributed by atoms with Crippen LogP contribution in [0.15, 0.2) is 53.3 Å². The van der Waals surface area contributed by atoms with Gasteiger partial charge in [0, 0.05) is 19.7 Å². The van der Waals surface area contributed by atoms with Crippen molar-refractivity contribution < 1.29 is 4.74 Å². The third kappa shape index (κ3) is 3.98. The molecule has 0 saturated carbocycles. The van der Waals surface area contributed by atoms with E-state index in [2.05, 4.69) is 24.6 Å². The Morgan fingerprint density at radius 1 is 1.67 bits per heavy atom. The molecule has 1 rings (SSSR count). The first kappa shape index (κ1) is 11.5. The van der Waals surface area contributed by atoms with E-state index in [9.17, 15) is 0 Å². The molecule has 1 aliphatic rings. The monoisotopic (exact) mass is 203 g/mol. The summed E-state index contributed by atoms with van der Waals surface area (Å²) in [4.78, 5) is 3.87. The highest BCUT2D eigenvalue weighted by atomic mass is 16.5. The van der Waals surface area contributed by atoms with Crippen molar-refractivity contribution in [3.05, 3.63) is 48.3 Å². The van der Waals surface area contributed by atoms with Crippen LogP contribution in [0.3, 0.4) is 0 Å². The normalized spacial score (nSPS) is 21.6. The van der Waals surface area contributed by atoms with E-state index < -0.39 is 0 Å². The zero-order valence-corrected chi connectivity index (χ0v) is 9.31. The smallest absolute Gasteiger partial charge is 0.121 e. The Bertz CT molecular complexity index is 334. The van der Waals surface area contributed by atoms with Crippen molar-refractivity contribution in [3.63, 3.8) is 0 Å². The van der Waals surface area contributed by atoms with Crippen LogP contribution in [0, 0.1) is 0 Å². The fraction of sp³-hybridized carbons (Fsp3) is 0.308. The molecule has 1 unspecified atom stereocenters. The van der Waals surface area contributed by atoms with Crippen molar-refractivity contribution in [3.8, 4) is 0 Å². The molecule has 0 aromatic heterocycles. The van der Waals surface area contributed by atoms with E-state index in [1.165, 1.54) is 5.57 Å². The Morgan fingerprint density at radius 3 is 3.07 bits per heavy atom. The van der Waals surface area contributed by atoms with E-state index in [1.807, 2.05) is 18.2 Å². The largest absolute Gasteiger partial charge is 0.486 e. The summed E-state index contributed by atoms with van der Waals surface area (Å²) in [6, 6.07) is 0. The zero-order chi connectivity index (χ0) is 11.1. The minimum Gasteiger partial charge on any atom is -0.486 e. The van der Waals surface area contributed by atoms with Crippen LogP contribution >= 0.6 is 0 Å². The van der Waals surface area contributed by atoms with E-state index in [4.69, 9.17) is 4.74 Å². The van der Waals surface area contributed by atoms with Gasteiger partial charge in [-0.2, -0.15) is 0 Å². The maximum Gasteiger partial charge on any atom is 0.121 e. The average Bonchev–Trinajstić information content (AvgIpc) is 2.24. The van der Waals surface area contributed by atoms with Gasteiger partial charge >= 0.3 is 0 Å². The Balaban J connectivity index is 2.57. The van der Waals surface area contributed by atoms with E-state index in [1.54, 1.807) is 19.3 Å². The minimum atomic E-state index is 0.115. The number of allylic oxidation sites excluding steroid dienone is 4. The average molecular weight is 203 g/mol. The van der Waals surface area contributed by atoms with Gasteiger partial charge in [-0.15, -0.1) is 0 Å². The van der Waals surface area contributed by atoms with Gasteiger partial charge in [-0.1, -0.05) is 24.3 Å². The standard InChI is InChI=1S/C13H17NO/c1-4-12(8-9-14-3)15-13-7-5-6-11(2)10-13/h4-9,13H,1,10H2,2-3H3/b12-8+,14-9-. The van der Waals surface area contributed by atoms with Crippen LogP contribution in [0.2, 0.25) is 0 Å². The summed E-state index contributed by atoms with van der Waals surface area (Å²) < 4.78 is 5.74. The van der Waals surface area contributed by atoms with Crippen LogP contribution in [0.25, 0.3) is 0 Å². The molecule has 0 fully saturated rings. The molecular weight excluding hydrogens is 186 g/mol. The summed E-state index contributed by atoms with van der Waals surface area (Å²) >= 11 is 0. The third-order valence-corrected chi connectivity index (χ3v) is 2.11. The van der Waals surface area contributed by atoms with Crippen LogP contribution in [0.1, 0.15) is 13.3 Å². The van der Waals surface area contributed by atoms with Gasteiger partial charge in [-0.3, -0.25) is 4.99 Å². The minimum absolute atomic E-state index is 0.115. The first-order chi connectivity index (χ1) is 7.26. The first-order valence-electron chi connectivity index (χ1n) is 5.01. The summed E-state index contributed by atoms with van der Waals surface area (Å²) in [5.41, 5.74) is 1.33. The predicted octanol–water partition coefficient (Wildman–Crippen LogP) is 3.05. The van der Waals surface area contributed by atoms with E-state index in [0.717, 1.165) is 12.2 Å². The Hall–Kier alpha value is -1.57. The summed E-state index contributed by atoms with van der Waals surface area (Å²) in [6.07, 6.45) is 12.4. The third-order valence-electron chi connectivity index (χ3n) is 2.11. The van der Waals surface area contributed by atoms with Gasteiger partial charge in [-0.25, -0.2) is 0 Å². The second kappa shape index (κ2) is 6.02. The van der Waals surface area contributed by atoms with Crippen molar-refractivity contribution >= 4 is 6.21 Å². The lowest BCUT2D eigenvalue weighted by Gasteiger charge is -2.18. The highest BCUT2D eigenvalue weighted by Gasteiger charge is 2.09. The van der Waals surface area contributed by atoms with Crippen molar-refractivity contribution in [1.82, 2.24) is 0 Å². The highest BCUT2D eigenvalue weighted by Crippen LogP contribution is 2.17. The molecule has 1 atom stereocenters. The van der Waals surface area contributed by atoms with Crippen LogP contribution < -0.4 is 0 Å². The lowest BCUT2D eigenvalue weighted by atomic mass is 10.0. The van der Waals surface area contributed by atoms with Crippen LogP contribution in [0.5, 0.6) is 0 Å². The van der Waals surface area contributed by atoms with Crippen molar-refractivity contribution in [2.45, 2.75) is 19.4 Å². The van der Waals surface area contributed by atoms with Gasteiger partial charge in [0.2, 0.25) is 0 Å². The molecule has 2 nitrogen and oxygen atoms in total. The second-order valence-corrected chi connectivity index (χ2v) is 3.44. The molecule has 80 valence electrons. The molecule has 15 heavy (non-hydrogen) atoms. The van der Waals surface area contributed by atoms with E-state index >= 15 is 0 Å². The molecule has 0 amide bonds. The molecule has 2 heteroatoms. The Kier molecular flexibility index (Phi) is 4.61. The zero-order valence-electron chi connectivity index (χ0n) is 9.31. The number of hydrogen-bond donors (Lipinski definition) is 0. The molecular formula is C13H17NO. The number of aliphatic imine (C=N–C) groups is 1. The highest BCUT2D eigenvalue weighted by molar-refractivity contribution is 5.72.